The van der Waals surface area contributed by atoms with E-state index in [0.717, 1.165) is 30.0 Å². The van der Waals surface area contributed by atoms with E-state index in [1.165, 1.54) is 32.1 Å². The van der Waals surface area contributed by atoms with Gasteiger partial charge in [-0.3, -0.25) is 5.10 Å². The van der Waals surface area contributed by atoms with Crippen LogP contribution in [-0.4, -0.2) is 14.8 Å². The van der Waals surface area contributed by atoms with Crippen LogP contribution in [0.25, 0.3) is 0 Å². The molecule has 0 spiro atoms. The molecule has 1 aromatic heterocycles. The van der Waals surface area contributed by atoms with E-state index in [9.17, 15) is 0 Å². The van der Waals surface area contributed by atoms with Crippen LogP contribution in [0.4, 0.5) is 0 Å². The van der Waals surface area contributed by atoms with Gasteiger partial charge in [0.15, 0.2) is 4.77 Å². The van der Waals surface area contributed by atoms with E-state index in [0.29, 0.717) is 5.41 Å². The van der Waals surface area contributed by atoms with Crippen LogP contribution >= 0.6 is 12.2 Å². The van der Waals surface area contributed by atoms with Gasteiger partial charge in [-0.05, 0) is 43.3 Å². The van der Waals surface area contributed by atoms with Crippen LogP contribution in [0, 0.1) is 10.2 Å². The van der Waals surface area contributed by atoms with E-state index in [-0.39, 0.29) is 0 Å². The lowest BCUT2D eigenvalue weighted by Crippen LogP contribution is -2.24. The molecule has 0 amide bonds. The Balaban J connectivity index is 2.22. The Bertz CT molecular complexity index is 413. The first-order chi connectivity index (χ1) is 8.21. The van der Waals surface area contributed by atoms with Gasteiger partial charge in [0.05, 0.1) is 0 Å². The third-order valence-corrected chi connectivity index (χ3v) is 4.53. The van der Waals surface area contributed by atoms with E-state index >= 15 is 0 Å². The zero-order valence-electron chi connectivity index (χ0n) is 11.0. The van der Waals surface area contributed by atoms with Gasteiger partial charge in [-0.1, -0.05) is 26.7 Å². The van der Waals surface area contributed by atoms with Gasteiger partial charge >= 0.3 is 0 Å². The van der Waals surface area contributed by atoms with Crippen molar-refractivity contribution in [3.05, 3.63) is 10.6 Å². The molecular formula is C13H23N3S. The Kier molecular flexibility index (Phi) is 4.02. The summed E-state index contributed by atoms with van der Waals surface area (Å²) < 4.78 is 3.04. The van der Waals surface area contributed by atoms with Crippen LogP contribution in [0.1, 0.15) is 58.2 Å². The number of rotatable bonds is 5. The second-order valence-electron chi connectivity index (χ2n) is 5.34. The van der Waals surface area contributed by atoms with Crippen LogP contribution in [0.5, 0.6) is 0 Å². The van der Waals surface area contributed by atoms with Crippen molar-refractivity contribution in [1.82, 2.24) is 14.8 Å². The number of hydrogen-bond donors (Lipinski definition) is 1. The molecule has 1 aromatic rings. The number of H-pyrrole nitrogens is 1. The first kappa shape index (κ1) is 12.8. The molecule has 4 heteroatoms. The van der Waals surface area contributed by atoms with Gasteiger partial charge in [-0.15, -0.1) is 0 Å². The van der Waals surface area contributed by atoms with Gasteiger partial charge in [0.2, 0.25) is 0 Å². The predicted molar refractivity (Wildman–Crippen MR) is 72.6 cm³/mol. The van der Waals surface area contributed by atoms with Crippen molar-refractivity contribution in [2.24, 2.45) is 5.41 Å². The third kappa shape index (κ3) is 2.62. The second kappa shape index (κ2) is 5.34. The van der Waals surface area contributed by atoms with Crippen LogP contribution in [0.15, 0.2) is 0 Å². The van der Waals surface area contributed by atoms with E-state index in [2.05, 4.69) is 28.6 Å². The average molecular weight is 253 g/mol. The highest BCUT2D eigenvalue weighted by molar-refractivity contribution is 7.71. The molecule has 0 radical (unpaired) electrons. The van der Waals surface area contributed by atoms with Crippen LogP contribution in [-0.2, 0) is 13.0 Å². The number of aromatic amines is 1. The molecule has 2 rings (SSSR count). The molecule has 1 aliphatic rings. The van der Waals surface area contributed by atoms with Crippen molar-refractivity contribution in [3.8, 4) is 0 Å². The fraction of sp³-hybridized carbons (Fsp3) is 0.846. The van der Waals surface area contributed by atoms with Gasteiger partial charge in [0.25, 0.3) is 0 Å². The SMILES string of the molecule is CCCc1n[nH]c(=S)n1CC1(CC)CCCC1. The normalized spacial score (nSPS) is 18.7. The Morgan fingerprint density at radius 3 is 2.65 bits per heavy atom. The summed E-state index contributed by atoms with van der Waals surface area (Å²) in [6.45, 7) is 5.57. The summed E-state index contributed by atoms with van der Waals surface area (Å²) in [5.74, 6) is 1.14. The second-order valence-corrected chi connectivity index (χ2v) is 5.73. The van der Waals surface area contributed by atoms with Crippen LogP contribution in [0.2, 0.25) is 0 Å². The quantitative estimate of drug-likeness (QED) is 0.808. The Labute approximate surface area is 109 Å². The topological polar surface area (TPSA) is 33.6 Å². The highest BCUT2D eigenvalue weighted by atomic mass is 32.1. The lowest BCUT2D eigenvalue weighted by atomic mass is 9.83. The zero-order valence-corrected chi connectivity index (χ0v) is 11.8. The van der Waals surface area contributed by atoms with Crippen LogP contribution < -0.4 is 0 Å². The Morgan fingerprint density at radius 1 is 1.35 bits per heavy atom. The summed E-state index contributed by atoms with van der Waals surface area (Å²) in [6.07, 6.45) is 8.85. The summed E-state index contributed by atoms with van der Waals surface area (Å²) in [4.78, 5) is 0. The third-order valence-electron chi connectivity index (χ3n) is 4.22. The zero-order chi connectivity index (χ0) is 12.3. The van der Waals surface area contributed by atoms with Gasteiger partial charge in [0, 0.05) is 13.0 Å². The molecule has 1 saturated carbocycles. The maximum absolute atomic E-state index is 5.36. The Hall–Kier alpha value is -0.640. The molecule has 0 aromatic carbocycles. The lowest BCUT2D eigenvalue weighted by Gasteiger charge is -2.28. The molecule has 96 valence electrons. The van der Waals surface area contributed by atoms with Crippen molar-refractivity contribution in [2.45, 2.75) is 65.3 Å². The predicted octanol–water partition coefficient (Wildman–Crippen LogP) is 3.86. The highest BCUT2D eigenvalue weighted by Gasteiger charge is 2.33. The van der Waals surface area contributed by atoms with Crippen molar-refractivity contribution in [1.29, 1.82) is 0 Å². The summed E-state index contributed by atoms with van der Waals surface area (Å²) in [5.41, 5.74) is 0.477. The molecule has 0 bridgehead atoms. The molecule has 1 heterocycles. The van der Waals surface area contributed by atoms with Gasteiger partial charge < -0.3 is 4.57 Å². The molecule has 3 nitrogen and oxygen atoms in total. The molecule has 0 unspecified atom stereocenters. The summed E-state index contributed by atoms with van der Waals surface area (Å²) in [5, 5.41) is 7.31. The lowest BCUT2D eigenvalue weighted by molar-refractivity contribution is 0.233. The number of nitrogens with zero attached hydrogens (tertiary/aromatic N) is 2. The first-order valence-electron chi connectivity index (χ1n) is 6.85. The average Bonchev–Trinajstić information content (AvgIpc) is 2.92. The maximum Gasteiger partial charge on any atom is 0.195 e. The minimum atomic E-state index is 0.477. The summed E-state index contributed by atoms with van der Waals surface area (Å²) >= 11 is 5.36. The van der Waals surface area contributed by atoms with E-state index in [1.807, 2.05) is 0 Å². The standard InChI is InChI=1S/C13H23N3S/c1-3-7-11-14-15-12(17)16(11)10-13(4-2)8-5-6-9-13/h3-10H2,1-2H3,(H,15,17). The first-order valence-corrected chi connectivity index (χ1v) is 7.26. The smallest absolute Gasteiger partial charge is 0.195 e. The minimum absolute atomic E-state index is 0.477. The van der Waals surface area contributed by atoms with Crippen molar-refractivity contribution < 1.29 is 0 Å². The fourth-order valence-electron chi connectivity index (χ4n) is 3.01. The van der Waals surface area contributed by atoms with Crippen molar-refractivity contribution in [2.75, 3.05) is 0 Å². The van der Waals surface area contributed by atoms with E-state index in [1.54, 1.807) is 0 Å². The summed E-state index contributed by atoms with van der Waals surface area (Å²) in [7, 11) is 0. The van der Waals surface area contributed by atoms with Crippen LogP contribution in [0.3, 0.4) is 0 Å². The van der Waals surface area contributed by atoms with E-state index < -0.39 is 0 Å². The minimum Gasteiger partial charge on any atom is -0.304 e. The maximum atomic E-state index is 5.36. The fourth-order valence-corrected chi connectivity index (χ4v) is 3.23. The molecule has 1 fully saturated rings. The monoisotopic (exact) mass is 253 g/mol. The molecule has 1 N–H and O–H groups in total. The molecule has 1 aliphatic carbocycles. The molecule has 0 atom stereocenters. The summed E-state index contributed by atoms with van der Waals surface area (Å²) in [6, 6.07) is 0. The van der Waals surface area contributed by atoms with Gasteiger partial charge in [-0.2, -0.15) is 5.10 Å². The number of nitrogens with one attached hydrogen (secondary N) is 1. The largest absolute Gasteiger partial charge is 0.304 e. The molecule has 17 heavy (non-hydrogen) atoms. The molecular weight excluding hydrogens is 230 g/mol. The molecule has 0 saturated heterocycles. The number of aromatic nitrogens is 3. The van der Waals surface area contributed by atoms with Crippen molar-refractivity contribution in [3.63, 3.8) is 0 Å². The number of hydrogen-bond acceptors (Lipinski definition) is 2. The number of aryl methyl sites for hydroxylation is 1. The highest BCUT2D eigenvalue weighted by Crippen LogP contribution is 2.42. The van der Waals surface area contributed by atoms with E-state index in [4.69, 9.17) is 12.2 Å². The van der Waals surface area contributed by atoms with Gasteiger partial charge in [0.1, 0.15) is 5.82 Å². The molecule has 0 aliphatic heterocycles. The Morgan fingerprint density at radius 2 is 2.06 bits per heavy atom. The van der Waals surface area contributed by atoms with Crippen molar-refractivity contribution >= 4 is 12.2 Å². The van der Waals surface area contributed by atoms with Gasteiger partial charge in [-0.25, -0.2) is 0 Å².